The van der Waals surface area contributed by atoms with E-state index in [-0.39, 0.29) is 0 Å². The van der Waals surface area contributed by atoms with E-state index in [1.807, 2.05) is 18.2 Å². The van der Waals surface area contributed by atoms with Crippen molar-refractivity contribution in [1.82, 2.24) is 0 Å². The number of nitrogens with two attached hydrogens (primary N) is 1. The second-order valence-corrected chi connectivity index (χ2v) is 5.46. The van der Waals surface area contributed by atoms with Crippen molar-refractivity contribution >= 4 is 32.5 Å². The Morgan fingerprint density at radius 2 is 2.10 bits per heavy atom. The van der Waals surface area contributed by atoms with E-state index < -0.39 is 11.3 Å². The SMILES string of the molecule is CCCCCCOc1cccc([As])c1C#N.NS(=O)[O-]. The molecule has 0 spiro atoms. The minimum Gasteiger partial charge on any atom is -0.760 e. The number of rotatable bonds is 6. The summed E-state index contributed by atoms with van der Waals surface area (Å²) in [6, 6.07) is 7.85. The third kappa shape index (κ3) is 9.11. The molecule has 20 heavy (non-hydrogen) atoms. The first-order chi connectivity index (χ1) is 9.52. The molecule has 1 unspecified atom stereocenters. The van der Waals surface area contributed by atoms with Gasteiger partial charge >= 0.3 is 106 Å². The van der Waals surface area contributed by atoms with Crippen LogP contribution in [0.5, 0.6) is 5.75 Å². The molecule has 5 nitrogen and oxygen atoms in total. The molecule has 0 amide bonds. The molecular formula is C13H18AsN2O3S-. The molecule has 2 N–H and O–H groups in total. The summed E-state index contributed by atoms with van der Waals surface area (Å²) in [5.74, 6) is 0.706. The Balaban J connectivity index is 0.000000796. The van der Waals surface area contributed by atoms with Crippen LogP contribution in [-0.2, 0) is 11.3 Å². The van der Waals surface area contributed by atoms with Gasteiger partial charge in [0.15, 0.2) is 0 Å². The molecule has 110 valence electrons. The van der Waals surface area contributed by atoms with Crippen LogP contribution in [0.1, 0.15) is 38.2 Å². The van der Waals surface area contributed by atoms with Gasteiger partial charge in [-0.25, -0.2) is 0 Å². The maximum Gasteiger partial charge on any atom is 0.0152 e. The standard InChI is InChI=1S/C13H16AsNO.H3NO2S/c1-2-3-4-5-9-16-13-8-6-7-12(14)11(13)10-15;1-4(2)3/h6-8H,2-5,9H2,1H3;1H2,(H,2,3)/p-1. The molecular weight excluding hydrogens is 339 g/mol. The summed E-state index contributed by atoms with van der Waals surface area (Å²) >= 11 is 0.0405. The second kappa shape index (κ2) is 11.9. The molecule has 0 bridgehead atoms. The minimum atomic E-state index is -2.36. The van der Waals surface area contributed by atoms with E-state index >= 15 is 0 Å². The molecule has 1 rings (SSSR count). The van der Waals surface area contributed by atoms with Gasteiger partial charge < -0.3 is 4.55 Å². The van der Waals surface area contributed by atoms with Crippen molar-refractivity contribution < 1.29 is 13.5 Å². The van der Waals surface area contributed by atoms with Crippen LogP contribution >= 0.6 is 0 Å². The molecule has 1 atom stereocenters. The van der Waals surface area contributed by atoms with E-state index in [2.05, 4.69) is 35.0 Å². The van der Waals surface area contributed by atoms with E-state index in [1.165, 1.54) is 19.3 Å². The molecule has 0 aliphatic rings. The summed E-state index contributed by atoms with van der Waals surface area (Å²) in [6.07, 6.45) is 4.73. The van der Waals surface area contributed by atoms with E-state index in [0.29, 0.717) is 17.9 Å². The van der Waals surface area contributed by atoms with Crippen LogP contribution in [0.15, 0.2) is 18.2 Å². The van der Waals surface area contributed by atoms with E-state index in [9.17, 15) is 0 Å². The van der Waals surface area contributed by atoms with Crippen LogP contribution in [0.2, 0.25) is 0 Å². The number of benzene rings is 1. The van der Waals surface area contributed by atoms with Gasteiger partial charge in [-0.3, -0.25) is 9.35 Å². The molecule has 0 aromatic heterocycles. The zero-order valence-corrected chi connectivity index (χ0v) is 14.1. The molecule has 7 heteroatoms. The Bertz CT molecular complexity index is 459. The van der Waals surface area contributed by atoms with Crippen molar-refractivity contribution in [1.29, 1.82) is 5.26 Å². The Labute approximate surface area is 131 Å². The fourth-order valence-corrected chi connectivity index (χ4v) is 1.98. The first kappa shape index (κ1) is 19.1. The van der Waals surface area contributed by atoms with Gasteiger partial charge in [-0.05, 0) is 0 Å². The molecule has 0 heterocycles. The fourth-order valence-electron chi connectivity index (χ4n) is 1.46. The monoisotopic (exact) mass is 357 g/mol. The van der Waals surface area contributed by atoms with Gasteiger partial charge in [0.2, 0.25) is 0 Å². The molecule has 0 saturated carbocycles. The summed E-state index contributed by atoms with van der Waals surface area (Å²) in [5.41, 5.74) is 0.637. The average Bonchev–Trinajstić information content (AvgIpc) is 2.38. The topological polar surface area (TPSA) is 99.2 Å². The minimum absolute atomic E-state index is 0.637. The van der Waals surface area contributed by atoms with Gasteiger partial charge in [0.05, 0.1) is 0 Å². The predicted molar refractivity (Wildman–Crippen MR) is 79.3 cm³/mol. The number of nitriles is 1. The normalized spacial score (nSPS) is 10.9. The quantitative estimate of drug-likeness (QED) is 0.467. The molecule has 0 aliphatic carbocycles. The van der Waals surface area contributed by atoms with Gasteiger partial charge in [-0.15, -0.1) is 0 Å². The predicted octanol–water partition coefficient (Wildman–Crippen LogP) is 1.05. The second-order valence-electron chi connectivity index (χ2n) is 3.93. The number of nitrogens with zero attached hydrogens (tertiary/aromatic N) is 1. The van der Waals surface area contributed by atoms with E-state index in [4.69, 9.17) is 18.8 Å². The summed E-state index contributed by atoms with van der Waals surface area (Å²) in [7, 11) is 0. The molecule has 0 saturated heterocycles. The van der Waals surface area contributed by atoms with Crippen LogP contribution in [0, 0.1) is 11.3 Å². The van der Waals surface area contributed by atoms with Gasteiger partial charge in [0.1, 0.15) is 0 Å². The van der Waals surface area contributed by atoms with Crippen molar-refractivity contribution in [2.75, 3.05) is 6.61 Å². The Kier molecular flexibility index (Phi) is 11.4. The van der Waals surface area contributed by atoms with Crippen molar-refractivity contribution in [3.05, 3.63) is 23.8 Å². The Morgan fingerprint density at radius 1 is 1.45 bits per heavy atom. The zero-order chi connectivity index (χ0) is 15.4. The largest absolute Gasteiger partial charge is 0.760 e. The molecule has 1 aromatic rings. The van der Waals surface area contributed by atoms with Crippen molar-refractivity contribution in [2.24, 2.45) is 5.14 Å². The van der Waals surface area contributed by atoms with Crippen LogP contribution < -0.4 is 14.2 Å². The number of hydrogen-bond donors (Lipinski definition) is 1. The molecule has 0 aliphatic heterocycles. The fraction of sp³-hybridized carbons (Fsp3) is 0.462. The third-order valence-corrected chi connectivity index (χ3v) is 3.15. The Hall–Kier alpha value is -0.862. The summed E-state index contributed by atoms with van der Waals surface area (Å²) in [6.45, 7) is 2.89. The number of hydrogen-bond acceptors (Lipinski definition) is 4. The van der Waals surface area contributed by atoms with E-state index in [1.54, 1.807) is 0 Å². The summed E-state index contributed by atoms with van der Waals surface area (Å²) in [5, 5.41) is 13.0. The van der Waals surface area contributed by atoms with Crippen LogP contribution in [0.3, 0.4) is 0 Å². The van der Waals surface area contributed by atoms with E-state index in [0.717, 1.165) is 10.8 Å². The first-order valence-corrected chi connectivity index (χ1v) is 8.29. The van der Waals surface area contributed by atoms with Crippen LogP contribution in [-0.4, -0.2) is 32.2 Å². The maximum atomic E-state index is 9.00. The summed E-state index contributed by atoms with van der Waals surface area (Å²) in [4.78, 5) is 0. The zero-order valence-electron chi connectivity index (χ0n) is 11.4. The van der Waals surface area contributed by atoms with Crippen LogP contribution in [0.4, 0.5) is 0 Å². The third-order valence-electron chi connectivity index (χ3n) is 2.37. The van der Waals surface area contributed by atoms with Gasteiger partial charge in [-0.2, -0.15) is 0 Å². The van der Waals surface area contributed by atoms with Gasteiger partial charge in [0.25, 0.3) is 0 Å². The van der Waals surface area contributed by atoms with Crippen LogP contribution in [0.25, 0.3) is 0 Å². The number of unbranched alkanes of at least 4 members (excludes halogenated alkanes) is 3. The summed E-state index contributed by atoms with van der Waals surface area (Å²) < 4.78 is 24.1. The maximum absolute atomic E-state index is 9.00. The van der Waals surface area contributed by atoms with Crippen molar-refractivity contribution in [3.8, 4) is 11.8 Å². The molecule has 2 radical (unpaired) electrons. The average molecular weight is 357 g/mol. The van der Waals surface area contributed by atoms with Gasteiger partial charge in [0, 0.05) is 11.3 Å². The van der Waals surface area contributed by atoms with Gasteiger partial charge in [-0.1, -0.05) is 0 Å². The first-order valence-electron chi connectivity index (χ1n) is 6.21. The van der Waals surface area contributed by atoms with Crippen molar-refractivity contribution in [3.63, 3.8) is 0 Å². The molecule has 0 fully saturated rings. The molecule has 1 aromatic carbocycles. The number of ether oxygens (including phenoxy) is 1. The van der Waals surface area contributed by atoms with Crippen molar-refractivity contribution in [2.45, 2.75) is 32.6 Å². The Morgan fingerprint density at radius 3 is 2.65 bits per heavy atom. The smallest absolute Gasteiger partial charge is 0.0152 e.